The van der Waals surface area contributed by atoms with Gasteiger partial charge in [0.05, 0.1) is 32.3 Å². The molecule has 30 heavy (non-hydrogen) atoms. The Balaban J connectivity index is 1.60. The number of carbonyl (C=O) groups is 1. The van der Waals surface area contributed by atoms with E-state index in [0.717, 1.165) is 10.2 Å². The van der Waals surface area contributed by atoms with Gasteiger partial charge in [-0.1, -0.05) is 23.9 Å². The third kappa shape index (κ3) is 4.53. The van der Waals surface area contributed by atoms with Gasteiger partial charge in [-0.15, -0.1) is 11.3 Å². The lowest BCUT2D eigenvalue weighted by Crippen LogP contribution is -2.08. The summed E-state index contributed by atoms with van der Waals surface area (Å²) in [6.45, 7) is 2.34. The van der Waals surface area contributed by atoms with Gasteiger partial charge in [-0.3, -0.25) is 4.79 Å². The fourth-order valence-corrected chi connectivity index (χ4v) is 5.75. The van der Waals surface area contributed by atoms with E-state index in [4.69, 9.17) is 4.74 Å². The van der Waals surface area contributed by atoms with Gasteiger partial charge in [0.25, 0.3) is 10.0 Å². The first-order valence-electron chi connectivity index (χ1n) is 9.00. The molecule has 0 N–H and O–H groups in total. The van der Waals surface area contributed by atoms with Crippen LogP contribution in [-0.4, -0.2) is 31.5 Å². The van der Waals surface area contributed by atoms with Gasteiger partial charge in [-0.25, -0.2) is 4.98 Å². The lowest BCUT2D eigenvalue weighted by Gasteiger charge is -2.07. The molecular formula is C21H16N2O4S3. The van der Waals surface area contributed by atoms with Crippen molar-refractivity contribution in [2.24, 2.45) is 4.40 Å². The molecule has 1 aliphatic carbocycles. The molecule has 6 nitrogen and oxygen atoms in total. The van der Waals surface area contributed by atoms with Crippen LogP contribution in [0.25, 0.3) is 10.2 Å². The Kier molecular flexibility index (Phi) is 5.85. The van der Waals surface area contributed by atoms with Gasteiger partial charge in [-0.2, -0.15) is 12.8 Å². The van der Waals surface area contributed by atoms with Gasteiger partial charge in [0, 0.05) is 0 Å². The fraction of sp³-hybridized carbons (Fsp3) is 0.0952. The third-order valence-electron chi connectivity index (χ3n) is 4.06. The van der Waals surface area contributed by atoms with Crippen molar-refractivity contribution in [3.05, 3.63) is 71.7 Å². The number of ether oxygens (including phenoxy) is 1. The zero-order valence-electron chi connectivity index (χ0n) is 15.8. The quantitative estimate of drug-likeness (QED) is 0.502. The molecule has 1 aliphatic rings. The highest BCUT2D eigenvalue weighted by Crippen LogP contribution is 2.35. The molecule has 2 aromatic carbocycles. The van der Waals surface area contributed by atoms with Crippen LogP contribution in [-0.2, 0) is 14.8 Å². The van der Waals surface area contributed by atoms with Gasteiger partial charge in [0.1, 0.15) is 5.75 Å². The third-order valence-corrected chi connectivity index (χ3v) is 7.51. The number of aromatic nitrogens is 1. The van der Waals surface area contributed by atoms with Crippen LogP contribution in [0.4, 0.5) is 0 Å². The number of sulfonamides is 1. The van der Waals surface area contributed by atoms with Crippen LogP contribution in [0.5, 0.6) is 5.75 Å². The second kappa shape index (κ2) is 8.55. The Hall–Kier alpha value is -2.75. The van der Waals surface area contributed by atoms with Crippen LogP contribution >= 0.6 is 23.1 Å². The van der Waals surface area contributed by atoms with Gasteiger partial charge in [0.15, 0.2) is 10.1 Å². The molecule has 152 valence electrons. The zero-order chi connectivity index (χ0) is 21.1. The van der Waals surface area contributed by atoms with Gasteiger partial charge in [-0.05, 0) is 61.5 Å². The Morgan fingerprint density at radius 2 is 1.87 bits per heavy atom. The highest BCUT2D eigenvalue weighted by Gasteiger charge is 2.19. The number of fused-ring (bicyclic) bond motifs is 1. The van der Waals surface area contributed by atoms with Crippen LogP contribution < -0.4 is 4.74 Å². The highest BCUT2D eigenvalue weighted by molar-refractivity contribution is 8.05. The minimum absolute atomic E-state index is 0.0533. The van der Waals surface area contributed by atoms with Crippen molar-refractivity contribution in [2.75, 3.05) is 6.61 Å². The molecule has 3 aromatic rings. The predicted molar refractivity (Wildman–Crippen MR) is 120 cm³/mol. The number of hydrogen-bond donors (Lipinski definition) is 0. The molecule has 0 saturated heterocycles. The molecule has 0 fully saturated rings. The zero-order valence-corrected chi connectivity index (χ0v) is 18.3. The smallest absolute Gasteiger partial charge is 0.282 e. The average Bonchev–Trinajstić information content (AvgIpc) is 3.13. The van der Waals surface area contributed by atoms with Crippen molar-refractivity contribution < 1.29 is 17.9 Å². The van der Waals surface area contributed by atoms with Crippen LogP contribution in [0, 0.1) is 0 Å². The van der Waals surface area contributed by atoms with Gasteiger partial charge >= 0.3 is 0 Å². The summed E-state index contributed by atoms with van der Waals surface area (Å²) in [7, 11) is -3.92. The second-order valence-electron chi connectivity index (χ2n) is 6.15. The number of rotatable bonds is 6. The van der Waals surface area contributed by atoms with Crippen molar-refractivity contribution in [3.8, 4) is 5.75 Å². The minimum atomic E-state index is -3.92. The lowest BCUT2D eigenvalue weighted by atomic mass is 10.2. The topological polar surface area (TPSA) is 85.7 Å². The summed E-state index contributed by atoms with van der Waals surface area (Å²) in [6, 6.07) is 13.8. The van der Waals surface area contributed by atoms with Gasteiger partial charge in [0.2, 0.25) is 0 Å². The largest absolute Gasteiger partial charge is 0.494 e. The van der Waals surface area contributed by atoms with E-state index in [-0.39, 0.29) is 16.4 Å². The molecule has 1 heterocycles. The number of ketones is 1. The molecule has 0 aliphatic heterocycles. The average molecular weight is 457 g/mol. The van der Waals surface area contributed by atoms with E-state index in [1.54, 1.807) is 12.1 Å². The van der Waals surface area contributed by atoms with Crippen LogP contribution in [0.1, 0.15) is 6.92 Å². The summed E-state index contributed by atoms with van der Waals surface area (Å²) in [4.78, 5) is 17.2. The van der Waals surface area contributed by atoms with E-state index in [1.165, 1.54) is 53.5 Å². The molecule has 0 spiro atoms. The first-order chi connectivity index (χ1) is 14.4. The molecule has 0 saturated carbocycles. The molecule has 0 amide bonds. The number of para-hydroxylation sites is 1. The number of benzene rings is 2. The second-order valence-corrected chi connectivity index (χ2v) is 10.1. The monoisotopic (exact) mass is 456 g/mol. The summed E-state index contributed by atoms with van der Waals surface area (Å²) in [5, 5.41) is 0. The number of thioether (sulfide) groups is 1. The highest BCUT2D eigenvalue weighted by atomic mass is 32.2. The number of thiazole rings is 1. The summed E-state index contributed by atoms with van der Waals surface area (Å²) in [5.74, 6) is 0.373. The number of hydrogen-bond acceptors (Lipinski definition) is 7. The Morgan fingerprint density at radius 1 is 1.10 bits per heavy atom. The fourth-order valence-electron chi connectivity index (χ4n) is 2.69. The van der Waals surface area contributed by atoms with Gasteiger partial charge < -0.3 is 4.74 Å². The number of carbonyl (C=O) groups excluding carboxylic acids is 1. The summed E-state index contributed by atoms with van der Waals surface area (Å²) >= 11 is 2.68. The molecule has 0 bridgehead atoms. The summed E-state index contributed by atoms with van der Waals surface area (Å²) in [6.07, 6.45) is 4.20. The summed E-state index contributed by atoms with van der Waals surface area (Å²) < 4.78 is 36.2. The molecular weight excluding hydrogens is 440 g/mol. The molecule has 9 heteroatoms. The molecule has 0 atom stereocenters. The van der Waals surface area contributed by atoms with Crippen molar-refractivity contribution in [1.29, 1.82) is 0 Å². The lowest BCUT2D eigenvalue weighted by molar-refractivity contribution is -0.110. The van der Waals surface area contributed by atoms with Crippen LogP contribution in [0.15, 0.2) is 85.3 Å². The maximum absolute atomic E-state index is 12.6. The maximum Gasteiger partial charge on any atom is 0.282 e. The normalized spacial score (nSPS) is 15.6. The minimum Gasteiger partial charge on any atom is -0.494 e. The Labute approximate surface area is 182 Å². The van der Waals surface area contributed by atoms with Crippen molar-refractivity contribution in [2.45, 2.75) is 16.2 Å². The van der Waals surface area contributed by atoms with E-state index in [2.05, 4.69) is 9.38 Å². The van der Waals surface area contributed by atoms with Crippen molar-refractivity contribution >= 4 is 54.8 Å². The SMILES string of the molecule is CCOc1ccc(S(=O)(=O)N=C2C=CC(=O)C(Sc3nc4ccccc4s3)=C2)cc1. The first kappa shape index (κ1) is 20.5. The standard InChI is InChI=1S/C21H16N2O4S3/c1-2-27-15-8-10-16(11-9-15)30(25,26)23-14-7-12-18(24)20(13-14)29-21-22-17-5-3-4-6-19(17)28-21/h3-13H,2H2,1H3. The Morgan fingerprint density at radius 3 is 2.60 bits per heavy atom. The molecule has 0 unspecified atom stereocenters. The molecule has 1 aromatic heterocycles. The van der Waals surface area contributed by atoms with E-state index < -0.39 is 10.0 Å². The van der Waals surface area contributed by atoms with E-state index in [0.29, 0.717) is 21.6 Å². The van der Waals surface area contributed by atoms with Crippen LogP contribution in [0.3, 0.4) is 0 Å². The van der Waals surface area contributed by atoms with E-state index in [9.17, 15) is 13.2 Å². The first-order valence-corrected chi connectivity index (χ1v) is 12.1. The number of allylic oxidation sites excluding steroid dienone is 4. The molecule has 0 radical (unpaired) electrons. The predicted octanol–water partition coefficient (Wildman–Crippen LogP) is 4.64. The maximum atomic E-state index is 12.6. The number of nitrogens with zero attached hydrogens (tertiary/aromatic N) is 2. The van der Waals surface area contributed by atoms with Crippen LogP contribution in [0.2, 0.25) is 0 Å². The molecule has 4 rings (SSSR count). The van der Waals surface area contributed by atoms with E-state index in [1.807, 2.05) is 31.2 Å². The van der Waals surface area contributed by atoms with Crippen molar-refractivity contribution in [1.82, 2.24) is 4.98 Å². The Bertz CT molecular complexity index is 1270. The summed E-state index contributed by atoms with van der Waals surface area (Å²) in [5.41, 5.74) is 1.04. The van der Waals surface area contributed by atoms with Crippen molar-refractivity contribution in [3.63, 3.8) is 0 Å². The van der Waals surface area contributed by atoms with E-state index >= 15 is 0 Å².